The molecule has 0 bridgehead atoms. The van der Waals surface area contributed by atoms with Crippen LogP contribution < -0.4 is 0 Å². The van der Waals surface area contributed by atoms with Gasteiger partial charge in [-0.1, -0.05) is 43.5 Å². The van der Waals surface area contributed by atoms with Crippen molar-refractivity contribution < 1.29 is 14.3 Å². The minimum Gasteiger partial charge on any atom is -0.468 e. The van der Waals surface area contributed by atoms with Crippen molar-refractivity contribution >= 4 is 12.3 Å². The molecule has 0 aromatic heterocycles. The molecule has 0 amide bonds. The Morgan fingerprint density at radius 3 is 2.37 bits per heavy atom. The molecule has 1 fully saturated rings. The Labute approximate surface area is 114 Å². The van der Waals surface area contributed by atoms with Gasteiger partial charge < -0.3 is 9.53 Å². The quantitative estimate of drug-likeness (QED) is 0.474. The monoisotopic (exact) mass is 260 g/mol. The van der Waals surface area contributed by atoms with Crippen molar-refractivity contribution in [1.82, 2.24) is 0 Å². The van der Waals surface area contributed by atoms with Gasteiger partial charge in [-0.15, -0.1) is 0 Å². The number of carbonyl (C=O) groups excluding carboxylic acids is 2. The summed E-state index contributed by atoms with van der Waals surface area (Å²) in [6, 6.07) is 7.84. The first kappa shape index (κ1) is 13.8. The smallest absolute Gasteiger partial charge is 0.320 e. The largest absolute Gasteiger partial charge is 0.468 e. The van der Waals surface area contributed by atoms with Gasteiger partial charge in [0.05, 0.1) is 7.11 Å². The SMILES string of the molecule is COC(=O)C(C=O)c1ccc(C2CCCCC2)cc1. The highest BCUT2D eigenvalue weighted by atomic mass is 16.5. The molecule has 102 valence electrons. The molecule has 0 aliphatic heterocycles. The van der Waals surface area contributed by atoms with Gasteiger partial charge in [0, 0.05) is 0 Å². The summed E-state index contributed by atoms with van der Waals surface area (Å²) in [4.78, 5) is 22.5. The zero-order chi connectivity index (χ0) is 13.7. The molecule has 1 saturated carbocycles. The van der Waals surface area contributed by atoms with Gasteiger partial charge in [-0.2, -0.15) is 0 Å². The first-order valence-electron chi connectivity index (χ1n) is 6.89. The van der Waals surface area contributed by atoms with E-state index in [0.29, 0.717) is 17.8 Å². The Balaban J connectivity index is 2.12. The van der Waals surface area contributed by atoms with Crippen molar-refractivity contribution in [1.29, 1.82) is 0 Å². The molecule has 1 aliphatic carbocycles. The standard InChI is InChI=1S/C16H20O3/c1-19-16(18)15(11-17)14-9-7-13(8-10-14)12-5-3-2-4-6-12/h7-12,15H,2-6H2,1H3. The molecule has 0 N–H and O–H groups in total. The van der Waals surface area contributed by atoms with Gasteiger partial charge in [-0.25, -0.2) is 0 Å². The van der Waals surface area contributed by atoms with E-state index in [1.807, 2.05) is 24.3 Å². The number of esters is 1. The van der Waals surface area contributed by atoms with Crippen molar-refractivity contribution in [2.75, 3.05) is 7.11 Å². The second kappa shape index (κ2) is 6.50. The van der Waals surface area contributed by atoms with Crippen LogP contribution >= 0.6 is 0 Å². The van der Waals surface area contributed by atoms with Crippen LogP contribution in [0.2, 0.25) is 0 Å². The molecule has 3 heteroatoms. The molecule has 1 aromatic rings. The summed E-state index contributed by atoms with van der Waals surface area (Å²) < 4.78 is 4.63. The fraction of sp³-hybridized carbons (Fsp3) is 0.500. The lowest BCUT2D eigenvalue weighted by molar-refractivity contribution is -0.143. The predicted octanol–water partition coefficient (Wildman–Crippen LogP) is 3.19. The molecule has 1 aliphatic rings. The lowest BCUT2D eigenvalue weighted by Crippen LogP contribution is -2.15. The number of carbonyl (C=O) groups is 2. The van der Waals surface area contributed by atoms with Gasteiger partial charge in [0.25, 0.3) is 0 Å². The maximum atomic E-state index is 11.5. The van der Waals surface area contributed by atoms with Crippen LogP contribution in [0.15, 0.2) is 24.3 Å². The molecule has 3 nitrogen and oxygen atoms in total. The molecule has 0 radical (unpaired) electrons. The van der Waals surface area contributed by atoms with Crippen LogP contribution in [0.25, 0.3) is 0 Å². The summed E-state index contributed by atoms with van der Waals surface area (Å²) in [6.07, 6.45) is 7.06. The van der Waals surface area contributed by atoms with Crippen molar-refractivity contribution in [3.63, 3.8) is 0 Å². The van der Waals surface area contributed by atoms with E-state index >= 15 is 0 Å². The minimum absolute atomic E-state index is 0.500. The summed E-state index contributed by atoms with van der Waals surface area (Å²) in [7, 11) is 1.30. The maximum absolute atomic E-state index is 11.5. The van der Waals surface area contributed by atoms with Gasteiger partial charge in [0.1, 0.15) is 12.2 Å². The molecular formula is C16H20O3. The number of hydrogen-bond donors (Lipinski definition) is 0. The van der Waals surface area contributed by atoms with E-state index in [0.717, 1.165) is 0 Å². The summed E-state index contributed by atoms with van der Waals surface area (Å²) in [5.74, 6) is -0.665. The first-order chi connectivity index (χ1) is 9.26. The Hall–Kier alpha value is -1.64. The first-order valence-corrected chi connectivity index (χ1v) is 6.89. The average molecular weight is 260 g/mol. The fourth-order valence-corrected chi connectivity index (χ4v) is 2.81. The van der Waals surface area contributed by atoms with E-state index < -0.39 is 11.9 Å². The van der Waals surface area contributed by atoms with Crippen molar-refractivity contribution in [3.05, 3.63) is 35.4 Å². The summed E-state index contributed by atoms with van der Waals surface area (Å²) in [5.41, 5.74) is 2.03. The van der Waals surface area contributed by atoms with Crippen molar-refractivity contribution in [3.8, 4) is 0 Å². The summed E-state index contributed by atoms with van der Waals surface area (Å²) in [5, 5.41) is 0. The van der Waals surface area contributed by atoms with Gasteiger partial charge >= 0.3 is 5.97 Å². The zero-order valence-electron chi connectivity index (χ0n) is 11.3. The number of hydrogen-bond acceptors (Lipinski definition) is 3. The van der Waals surface area contributed by atoms with Crippen LogP contribution in [0, 0.1) is 0 Å². The number of rotatable bonds is 4. The van der Waals surface area contributed by atoms with Crippen molar-refractivity contribution in [2.24, 2.45) is 0 Å². The van der Waals surface area contributed by atoms with Crippen LogP contribution in [0.1, 0.15) is 55.1 Å². The molecule has 0 spiro atoms. The van der Waals surface area contributed by atoms with Crippen LogP contribution in [0.5, 0.6) is 0 Å². The summed E-state index contributed by atoms with van der Waals surface area (Å²) in [6.45, 7) is 0. The molecule has 0 saturated heterocycles. The molecule has 1 aromatic carbocycles. The van der Waals surface area contributed by atoms with Crippen LogP contribution in [-0.2, 0) is 14.3 Å². The maximum Gasteiger partial charge on any atom is 0.320 e. The second-order valence-corrected chi connectivity index (χ2v) is 5.14. The lowest BCUT2D eigenvalue weighted by atomic mass is 9.83. The fourth-order valence-electron chi connectivity index (χ4n) is 2.81. The zero-order valence-corrected chi connectivity index (χ0v) is 11.3. The molecule has 1 atom stereocenters. The number of aldehydes is 1. The molecule has 19 heavy (non-hydrogen) atoms. The van der Waals surface area contributed by atoms with Gasteiger partial charge in [0.2, 0.25) is 0 Å². The normalized spacial score (nSPS) is 17.7. The highest BCUT2D eigenvalue weighted by Gasteiger charge is 2.21. The third kappa shape index (κ3) is 3.22. The molecular weight excluding hydrogens is 240 g/mol. The van der Waals surface area contributed by atoms with E-state index in [4.69, 9.17) is 0 Å². The number of ether oxygens (including phenoxy) is 1. The van der Waals surface area contributed by atoms with E-state index in [1.54, 1.807) is 0 Å². The van der Waals surface area contributed by atoms with E-state index in [1.165, 1.54) is 44.8 Å². The Morgan fingerprint density at radius 2 is 1.84 bits per heavy atom. The van der Waals surface area contributed by atoms with Crippen LogP contribution in [0.4, 0.5) is 0 Å². The van der Waals surface area contributed by atoms with E-state index in [2.05, 4.69) is 4.74 Å². The second-order valence-electron chi connectivity index (χ2n) is 5.14. The van der Waals surface area contributed by atoms with E-state index in [-0.39, 0.29) is 0 Å². The topological polar surface area (TPSA) is 43.4 Å². The number of benzene rings is 1. The van der Waals surface area contributed by atoms with Crippen LogP contribution in [-0.4, -0.2) is 19.4 Å². The van der Waals surface area contributed by atoms with Gasteiger partial charge in [-0.3, -0.25) is 4.79 Å². The Morgan fingerprint density at radius 1 is 1.21 bits per heavy atom. The lowest BCUT2D eigenvalue weighted by Gasteiger charge is -2.22. The average Bonchev–Trinajstić information content (AvgIpc) is 2.49. The Bertz CT molecular complexity index is 430. The number of methoxy groups -OCH3 is 1. The third-order valence-corrected chi connectivity index (χ3v) is 3.96. The highest BCUT2D eigenvalue weighted by Crippen LogP contribution is 2.33. The molecule has 2 rings (SSSR count). The minimum atomic E-state index is -0.801. The van der Waals surface area contributed by atoms with Gasteiger partial charge in [0.15, 0.2) is 0 Å². The predicted molar refractivity (Wildman–Crippen MR) is 73.1 cm³/mol. The van der Waals surface area contributed by atoms with Crippen molar-refractivity contribution in [2.45, 2.75) is 43.9 Å². The van der Waals surface area contributed by atoms with E-state index in [9.17, 15) is 9.59 Å². The summed E-state index contributed by atoms with van der Waals surface area (Å²) >= 11 is 0. The molecule has 0 heterocycles. The molecule has 1 unspecified atom stereocenters. The highest BCUT2D eigenvalue weighted by molar-refractivity contribution is 5.94. The van der Waals surface area contributed by atoms with Crippen LogP contribution in [0.3, 0.4) is 0 Å². The third-order valence-electron chi connectivity index (χ3n) is 3.96. The van der Waals surface area contributed by atoms with Gasteiger partial charge in [-0.05, 0) is 29.9 Å². The Kier molecular flexibility index (Phi) is 4.72.